The maximum atomic E-state index is 11.4. The van der Waals surface area contributed by atoms with Crippen molar-refractivity contribution in [2.24, 2.45) is 5.92 Å². The van der Waals surface area contributed by atoms with Gasteiger partial charge in [-0.15, -0.1) is 12.4 Å². The van der Waals surface area contributed by atoms with Crippen LogP contribution in [0.4, 0.5) is 5.69 Å². The Morgan fingerprint density at radius 2 is 1.87 bits per heavy atom. The number of nitrogens with one attached hydrogen (secondary N) is 1. The first-order valence-electron chi connectivity index (χ1n) is 7.95. The number of hydrogen-bond acceptors (Lipinski definition) is 5. The van der Waals surface area contributed by atoms with Gasteiger partial charge in [0.15, 0.2) is 9.84 Å². The van der Waals surface area contributed by atoms with E-state index >= 15 is 0 Å². The molecule has 1 aromatic carbocycles. The fraction of sp³-hybridized carbons (Fsp3) is 0.625. The minimum absolute atomic E-state index is 0. The minimum atomic E-state index is -2.76. The van der Waals surface area contributed by atoms with Crippen LogP contribution < -0.4 is 10.2 Å². The van der Waals surface area contributed by atoms with Gasteiger partial charge in [0.05, 0.1) is 24.7 Å². The maximum absolute atomic E-state index is 11.4. The van der Waals surface area contributed by atoms with Gasteiger partial charge in [-0.2, -0.15) is 0 Å². The highest BCUT2D eigenvalue weighted by molar-refractivity contribution is 7.91. The summed E-state index contributed by atoms with van der Waals surface area (Å²) in [6.45, 7) is 5.08. The topological polar surface area (TPSA) is 58.6 Å². The molecule has 1 unspecified atom stereocenters. The third-order valence-corrected chi connectivity index (χ3v) is 6.24. The fourth-order valence-electron chi connectivity index (χ4n) is 3.10. The van der Waals surface area contributed by atoms with Crippen molar-refractivity contribution >= 4 is 27.9 Å². The molecule has 2 aliphatic heterocycles. The molecule has 0 amide bonds. The second-order valence-electron chi connectivity index (χ2n) is 6.17. The summed E-state index contributed by atoms with van der Waals surface area (Å²) in [6.07, 6.45) is 0.797. The lowest BCUT2D eigenvalue weighted by Gasteiger charge is -2.28. The zero-order chi connectivity index (χ0) is 15.4. The van der Waals surface area contributed by atoms with E-state index in [0.29, 0.717) is 11.5 Å². The average molecular weight is 361 g/mol. The molecular weight excluding hydrogens is 336 g/mol. The van der Waals surface area contributed by atoms with Crippen LogP contribution in [0.2, 0.25) is 0 Å². The van der Waals surface area contributed by atoms with Crippen LogP contribution in [0.25, 0.3) is 0 Å². The van der Waals surface area contributed by atoms with Crippen LogP contribution in [0.15, 0.2) is 24.3 Å². The zero-order valence-corrected chi connectivity index (χ0v) is 14.9. The third kappa shape index (κ3) is 5.35. The van der Waals surface area contributed by atoms with Crippen LogP contribution in [-0.4, -0.2) is 52.8 Å². The van der Waals surface area contributed by atoms with Crippen molar-refractivity contribution in [3.05, 3.63) is 29.8 Å². The summed E-state index contributed by atoms with van der Waals surface area (Å²) in [6, 6.07) is 8.59. The van der Waals surface area contributed by atoms with Gasteiger partial charge in [0, 0.05) is 25.3 Å². The number of halogens is 1. The Morgan fingerprint density at radius 1 is 1.17 bits per heavy atom. The number of anilines is 1. The van der Waals surface area contributed by atoms with Crippen molar-refractivity contribution in [3.8, 4) is 0 Å². The van der Waals surface area contributed by atoms with Gasteiger partial charge < -0.3 is 15.0 Å². The molecule has 1 atom stereocenters. The monoisotopic (exact) mass is 360 g/mol. The molecule has 2 saturated heterocycles. The smallest absolute Gasteiger partial charge is 0.150 e. The molecule has 7 heteroatoms. The number of nitrogens with zero attached hydrogens (tertiary/aromatic N) is 1. The van der Waals surface area contributed by atoms with Crippen LogP contribution >= 0.6 is 12.4 Å². The molecule has 2 heterocycles. The van der Waals surface area contributed by atoms with E-state index in [1.165, 1.54) is 11.3 Å². The summed E-state index contributed by atoms with van der Waals surface area (Å²) in [5.74, 6) is 0.974. The van der Waals surface area contributed by atoms with Gasteiger partial charge in [-0.3, -0.25) is 0 Å². The van der Waals surface area contributed by atoms with E-state index in [-0.39, 0.29) is 18.3 Å². The predicted octanol–water partition coefficient (Wildman–Crippen LogP) is 1.47. The van der Waals surface area contributed by atoms with E-state index in [0.717, 1.165) is 45.8 Å². The van der Waals surface area contributed by atoms with Gasteiger partial charge in [-0.25, -0.2) is 8.42 Å². The van der Waals surface area contributed by atoms with Gasteiger partial charge in [-0.05, 0) is 36.6 Å². The summed E-state index contributed by atoms with van der Waals surface area (Å²) >= 11 is 0. The van der Waals surface area contributed by atoms with Gasteiger partial charge in [0.25, 0.3) is 0 Å². The predicted molar refractivity (Wildman–Crippen MR) is 95.2 cm³/mol. The first-order valence-corrected chi connectivity index (χ1v) is 9.77. The van der Waals surface area contributed by atoms with Crippen LogP contribution in [-0.2, 0) is 21.1 Å². The third-order valence-electron chi connectivity index (χ3n) is 4.40. The molecule has 130 valence electrons. The van der Waals surface area contributed by atoms with Crippen molar-refractivity contribution < 1.29 is 13.2 Å². The summed E-state index contributed by atoms with van der Waals surface area (Å²) in [5, 5.41) is 3.38. The Kier molecular flexibility index (Phi) is 6.71. The van der Waals surface area contributed by atoms with Crippen LogP contribution in [0.1, 0.15) is 12.0 Å². The van der Waals surface area contributed by atoms with E-state index in [2.05, 4.69) is 34.5 Å². The average Bonchev–Trinajstić information content (AvgIpc) is 2.88. The Balaban J connectivity index is 0.00000192. The molecule has 1 aromatic rings. The van der Waals surface area contributed by atoms with E-state index in [1.807, 2.05) is 0 Å². The Hall–Kier alpha value is -0.820. The van der Waals surface area contributed by atoms with Gasteiger partial charge in [0.2, 0.25) is 0 Å². The number of rotatable bonds is 5. The van der Waals surface area contributed by atoms with Crippen molar-refractivity contribution in [3.63, 3.8) is 0 Å². The van der Waals surface area contributed by atoms with Crippen LogP contribution in [0, 0.1) is 5.92 Å². The number of hydrogen-bond donors (Lipinski definition) is 1. The lowest BCUT2D eigenvalue weighted by atomic mass is 10.1. The lowest BCUT2D eigenvalue weighted by molar-refractivity contribution is 0.122. The highest BCUT2D eigenvalue weighted by atomic mass is 35.5. The molecule has 1 N–H and O–H groups in total. The summed E-state index contributed by atoms with van der Waals surface area (Å²) in [7, 11) is -2.76. The highest BCUT2D eigenvalue weighted by Gasteiger charge is 2.27. The Morgan fingerprint density at radius 3 is 2.48 bits per heavy atom. The minimum Gasteiger partial charge on any atom is -0.378 e. The van der Waals surface area contributed by atoms with E-state index in [9.17, 15) is 8.42 Å². The highest BCUT2D eigenvalue weighted by Crippen LogP contribution is 2.18. The summed E-state index contributed by atoms with van der Waals surface area (Å²) in [4.78, 5) is 2.34. The maximum Gasteiger partial charge on any atom is 0.150 e. The standard InChI is InChI=1S/C16H24N2O3S.ClH/c19-22(20)10-5-15(13-22)12-17-11-14-1-3-16(4-2-14)18-6-8-21-9-7-18;/h1-4,15,17H,5-13H2;1H. The molecule has 2 aliphatic rings. The second-order valence-corrected chi connectivity index (χ2v) is 8.39. The SMILES string of the molecule is Cl.O=S1(=O)CCC(CNCc2ccc(N3CCOCC3)cc2)C1. The molecule has 3 rings (SSSR count). The van der Waals surface area contributed by atoms with E-state index in [4.69, 9.17) is 4.74 Å². The molecule has 23 heavy (non-hydrogen) atoms. The molecular formula is C16H25ClN2O3S. The molecule has 2 fully saturated rings. The summed E-state index contributed by atoms with van der Waals surface area (Å²) in [5.41, 5.74) is 2.48. The normalized spacial score (nSPS) is 23.5. The number of ether oxygens (including phenoxy) is 1. The number of sulfone groups is 1. The van der Waals surface area contributed by atoms with Crippen molar-refractivity contribution in [1.29, 1.82) is 0 Å². The summed E-state index contributed by atoms with van der Waals surface area (Å²) < 4.78 is 28.2. The number of benzene rings is 1. The molecule has 0 spiro atoms. The lowest BCUT2D eigenvalue weighted by Crippen LogP contribution is -2.36. The van der Waals surface area contributed by atoms with Crippen molar-refractivity contribution in [1.82, 2.24) is 5.32 Å². The van der Waals surface area contributed by atoms with Gasteiger partial charge in [0.1, 0.15) is 0 Å². The largest absolute Gasteiger partial charge is 0.378 e. The fourth-order valence-corrected chi connectivity index (χ4v) is 4.96. The van der Waals surface area contributed by atoms with E-state index < -0.39 is 9.84 Å². The molecule has 5 nitrogen and oxygen atoms in total. The Bertz CT molecular complexity index is 586. The van der Waals surface area contributed by atoms with Gasteiger partial charge in [-0.1, -0.05) is 12.1 Å². The van der Waals surface area contributed by atoms with Gasteiger partial charge >= 0.3 is 0 Å². The van der Waals surface area contributed by atoms with E-state index in [1.54, 1.807) is 0 Å². The quantitative estimate of drug-likeness (QED) is 0.861. The molecule has 0 aliphatic carbocycles. The number of morpholine rings is 1. The van der Waals surface area contributed by atoms with Crippen LogP contribution in [0.3, 0.4) is 0 Å². The molecule has 0 saturated carbocycles. The molecule has 0 radical (unpaired) electrons. The van der Waals surface area contributed by atoms with Crippen molar-refractivity contribution in [2.75, 3.05) is 49.3 Å². The molecule has 0 bridgehead atoms. The molecule has 0 aromatic heterocycles. The van der Waals surface area contributed by atoms with Crippen molar-refractivity contribution in [2.45, 2.75) is 13.0 Å². The van der Waals surface area contributed by atoms with Crippen LogP contribution in [0.5, 0.6) is 0 Å². The first kappa shape index (κ1) is 18.5. The zero-order valence-electron chi connectivity index (χ0n) is 13.2. The second kappa shape index (κ2) is 8.33. The Labute approximate surface area is 144 Å². The first-order chi connectivity index (χ1) is 10.6.